The molecule has 1 heterocycles. The predicted octanol–water partition coefficient (Wildman–Crippen LogP) is 3.46. The van der Waals surface area contributed by atoms with Crippen molar-refractivity contribution in [2.45, 2.75) is 19.3 Å². The minimum Gasteiger partial charge on any atom is -0.354 e. The first kappa shape index (κ1) is 10.5. The molecule has 0 saturated carbocycles. The third kappa shape index (κ3) is 1.67. The van der Waals surface area contributed by atoms with E-state index in [9.17, 15) is 0 Å². The van der Waals surface area contributed by atoms with Crippen molar-refractivity contribution >= 4 is 15.9 Å². The third-order valence-electron chi connectivity index (χ3n) is 3.10. The molecule has 0 N–H and O–H groups in total. The fraction of sp³-hybridized carbons (Fsp3) is 0.231. The fourth-order valence-corrected chi connectivity index (χ4v) is 2.70. The van der Waals surface area contributed by atoms with Crippen LogP contribution in [-0.4, -0.2) is 5.16 Å². The molecule has 84 valence electrons. The lowest BCUT2D eigenvalue weighted by molar-refractivity contribution is 0.430. The first-order valence-electron chi connectivity index (χ1n) is 5.47. The van der Waals surface area contributed by atoms with E-state index in [0.717, 1.165) is 18.4 Å². The van der Waals surface area contributed by atoms with E-state index in [1.165, 1.54) is 17.5 Å². The van der Waals surface area contributed by atoms with Crippen molar-refractivity contribution in [1.29, 1.82) is 5.26 Å². The van der Waals surface area contributed by atoms with Crippen LogP contribution in [-0.2, 0) is 12.8 Å². The Hall–Kier alpha value is -1.60. The summed E-state index contributed by atoms with van der Waals surface area (Å²) in [7, 11) is 0. The number of halogens is 1. The topological polar surface area (TPSA) is 49.8 Å². The summed E-state index contributed by atoms with van der Waals surface area (Å²) in [5, 5.41) is 12.6. The first-order valence-corrected chi connectivity index (χ1v) is 6.26. The highest BCUT2D eigenvalue weighted by Gasteiger charge is 2.17. The minimum absolute atomic E-state index is 0.292. The van der Waals surface area contributed by atoms with Gasteiger partial charge >= 0.3 is 0 Å². The van der Waals surface area contributed by atoms with E-state index >= 15 is 0 Å². The summed E-state index contributed by atoms with van der Waals surface area (Å²) in [4.78, 5) is 0. The molecule has 1 aliphatic carbocycles. The summed E-state index contributed by atoms with van der Waals surface area (Å²) in [6.07, 6.45) is 3.51. The molecule has 0 spiro atoms. The number of nitrogens with zero attached hydrogens (tertiary/aromatic N) is 2. The van der Waals surface area contributed by atoms with E-state index < -0.39 is 0 Å². The van der Waals surface area contributed by atoms with Crippen LogP contribution in [0.5, 0.6) is 0 Å². The molecule has 0 atom stereocenters. The van der Waals surface area contributed by atoms with Crippen LogP contribution in [0.25, 0.3) is 11.3 Å². The molecule has 17 heavy (non-hydrogen) atoms. The molecule has 0 amide bonds. The van der Waals surface area contributed by atoms with Gasteiger partial charge in [-0.05, 0) is 52.4 Å². The number of fused-ring (bicyclic) bond motifs is 1. The second-order valence-electron chi connectivity index (χ2n) is 4.12. The Morgan fingerprint density at radius 1 is 1.29 bits per heavy atom. The molecule has 1 aromatic heterocycles. The Kier molecular flexibility index (Phi) is 2.49. The van der Waals surface area contributed by atoms with Gasteiger partial charge in [-0.2, -0.15) is 5.26 Å². The monoisotopic (exact) mass is 288 g/mol. The highest BCUT2D eigenvalue weighted by molar-refractivity contribution is 9.10. The number of benzene rings is 1. The summed E-state index contributed by atoms with van der Waals surface area (Å²) < 4.78 is 5.85. The van der Waals surface area contributed by atoms with Crippen molar-refractivity contribution in [2.24, 2.45) is 0 Å². The van der Waals surface area contributed by atoms with Crippen molar-refractivity contribution in [3.63, 3.8) is 0 Å². The Labute approximate surface area is 107 Å². The zero-order valence-corrected chi connectivity index (χ0v) is 10.6. The van der Waals surface area contributed by atoms with Crippen LogP contribution >= 0.6 is 15.9 Å². The van der Waals surface area contributed by atoms with E-state index in [2.05, 4.69) is 33.2 Å². The van der Waals surface area contributed by atoms with Gasteiger partial charge in [-0.25, -0.2) is 0 Å². The van der Waals surface area contributed by atoms with E-state index in [4.69, 9.17) is 9.78 Å². The van der Waals surface area contributed by atoms with Gasteiger partial charge in [0.2, 0.25) is 0 Å². The minimum atomic E-state index is 0.292. The van der Waals surface area contributed by atoms with Crippen molar-refractivity contribution in [1.82, 2.24) is 5.16 Å². The normalized spacial score (nSPS) is 13.4. The maximum Gasteiger partial charge on any atom is 0.198 e. The summed E-state index contributed by atoms with van der Waals surface area (Å²) in [5.41, 5.74) is 4.07. The Bertz CT molecular complexity index is 625. The molecule has 1 aromatic carbocycles. The average molecular weight is 289 g/mol. The van der Waals surface area contributed by atoms with E-state index in [-0.39, 0.29) is 0 Å². The molecule has 4 heteroatoms. The molecule has 0 radical (unpaired) electrons. The molecule has 3 rings (SSSR count). The molecular weight excluding hydrogens is 280 g/mol. The lowest BCUT2D eigenvalue weighted by atomic mass is 10.0. The third-order valence-corrected chi connectivity index (χ3v) is 3.84. The summed E-state index contributed by atoms with van der Waals surface area (Å²) in [5.74, 6) is 0.635. The van der Waals surface area contributed by atoms with Gasteiger partial charge < -0.3 is 4.52 Å². The van der Waals surface area contributed by atoms with Crippen LogP contribution in [0.4, 0.5) is 0 Å². The number of rotatable bonds is 1. The number of nitriles is 1. The van der Waals surface area contributed by atoms with Crippen molar-refractivity contribution in [3.8, 4) is 17.4 Å². The van der Waals surface area contributed by atoms with Crippen LogP contribution in [0, 0.1) is 11.3 Å². The van der Waals surface area contributed by atoms with Crippen LogP contribution in [0.1, 0.15) is 23.2 Å². The molecule has 0 unspecified atom stereocenters. The SMILES string of the molecule is N#Cc1noc(-c2ccc3c(c2)CCC3)c1Br. The second kappa shape index (κ2) is 4.01. The lowest BCUT2D eigenvalue weighted by Gasteiger charge is -2.01. The zero-order chi connectivity index (χ0) is 11.8. The Morgan fingerprint density at radius 3 is 2.88 bits per heavy atom. The van der Waals surface area contributed by atoms with Crippen molar-refractivity contribution in [3.05, 3.63) is 39.5 Å². The molecular formula is C13H9BrN2O. The summed E-state index contributed by atoms with van der Waals surface area (Å²) in [6.45, 7) is 0. The van der Waals surface area contributed by atoms with Crippen LogP contribution in [0.2, 0.25) is 0 Å². The fourth-order valence-electron chi connectivity index (χ4n) is 2.24. The Balaban J connectivity index is 2.10. The maximum absolute atomic E-state index is 8.83. The van der Waals surface area contributed by atoms with Gasteiger partial charge in [0, 0.05) is 5.56 Å². The highest BCUT2D eigenvalue weighted by atomic mass is 79.9. The number of hydrogen-bond donors (Lipinski definition) is 0. The second-order valence-corrected chi connectivity index (χ2v) is 4.92. The molecule has 0 aliphatic heterocycles. The number of hydrogen-bond acceptors (Lipinski definition) is 3. The number of aryl methyl sites for hydroxylation is 2. The lowest BCUT2D eigenvalue weighted by Crippen LogP contribution is -1.84. The molecule has 1 aliphatic rings. The quantitative estimate of drug-likeness (QED) is 0.807. The van der Waals surface area contributed by atoms with Gasteiger partial charge in [0.15, 0.2) is 11.5 Å². The first-order chi connectivity index (χ1) is 8.29. The van der Waals surface area contributed by atoms with Gasteiger partial charge in [-0.3, -0.25) is 0 Å². The van der Waals surface area contributed by atoms with Crippen LogP contribution in [0.15, 0.2) is 27.2 Å². The van der Waals surface area contributed by atoms with Gasteiger partial charge in [0.1, 0.15) is 10.5 Å². The summed E-state index contributed by atoms with van der Waals surface area (Å²) in [6, 6.07) is 8.28. The van der Waals surface area contributed by atoms with Crippen LogP contribution < -0.4 is 0 Å². The van der Waals surface area contributed by atoms with Crippen molar-refractivity contribution in [2.75, 3.05) is 0 Å². The van der Waals surface area contributed by atoms with Gasteiger partial charge in [0.25, 0.3) is 0 Å². The van der Waals surface area contributed by atoms with Crippen LogP contribution in [0.3, 0.4) is 0 Å². The molecule has 3 nitrogen and oxygen atoms in total. The van der Waals surface area contributed by atoms with E-state index in [0.29, 0.717) is 15.9 Å². The molecule has 0 saturated heterocycles. The highest BCUT2D eigenvalue weighted by Crippen LogP contribution is 2.33. The number of aromatic nitrogens is 1. The molecule has 0 fully saturated rings. The largest absolute Gasteiger partial charge is 0.354 e. The van der Waals surface area contributed by atoms with E-state index in [1.807, 2.05) is 12.1 Å². The Morgan fingerprint density at radius 2 is 2.12 bits per heavy atom. The molecule has 2 aromatic rings. The summed E-state index contributed by atoms with van der Waals surface area (Å²) >= 11 is 3.35. The van der Waals surface area contributed by atoms with Gasteiger partial charge in [-0.1, -0.05) is 17.3 Å². The van der Waals surface area contributed by atoms with Crippen molar-refractivity contribution < 1.29 is 4.52 Å². The predicted molar refractivity (Wildman–Crippen MR) is 66.4 cm³/mol. The van der Waals surface area contributed by atoms with Gasteiger partial charge in [-0.15, -0.1) is 0 Å². The zero-order valence-electron chi connectivity index (χ0n) is 9.03. The van der Waals surface area contributed by atoms with Gasteiger partial charge in [0.05, 0.1) is 0 Å². The average Bonchev–Trinajstić information content (AvgIpc) is 2.94. The standard InChI is InChI=1S/C13H9BrN2O/c14-12-11(7-15)16-17-13(12)10-5-4-8-2-1-3-9(8)6-10/h4-6H,1-3H2. The van der Waals surface area contributed by atoms with E-state index in [1.54, 1.807) is 0 Å². The molecule has 0 bridgehead atoms. The maximum atomic E-state index is 8.83. The smallest absolute Gasteiger partial charge is 0.198 e.